The zero-order valence-corrected chi connectivity index (χ0v) is 12.8. The van der Waals surface area contributed by atoms with Crippen molar-refractivity contribution in [3.8, 4) is 11.4 Å². The van der Waals surface area contributed by atoms with E-state index in [-0.39, 0.29) is 0 Å². The van der Waals surface area contributed by atoms with E-state index >= 15 is 0 Å². The van der Waals surface area contributed by atoms with Crippen LogP contribution in [-0.4, -0.2) is 9.38 Å². The highest BCUT2D eigenvalue weighted by atomic mass is 79.9. The number of pyridine rings is 1. The minimum atomic E-state index is 0.890. The molecule has 3 heteroatoms. The fraction of sp³-hybridized carbons (Fsp3) is 0.188. The van der Waals surface area contributed by atoms with Gasteiger partial charge in [-0.1, -0.05) is 18.2 Å². The second kappa shape index (κ2) is 4.49. The molecule has 0 atom stereocenters. The van der Waals surface area contributed by atoms with Crippen molar-refractivity contribution in [3.05, 3.63) is 57.8 Å². The second-order valence-electron chi connectivity index (χ2n) is 4.86. The summed E-state index contributed by atoms with van der Waals surface area (Å²) in [7, 11) is 0. The fourth-order valence-corrected chi connectivity index (χ4v) is 2.88. The van der Waals surface area contributed by atoms with Gasteiger partial charge in [0.2, 0.25) is 0 Å². The predicted octanol–water partition coefficient (Wildman–Crippen LogP) is 4.69. The number of halogens is 1. The third-order valence-electron chi connectivity index (χ3n) is 3.80. The Morgan fingerprint density at radius 2 is 1.79 bits per heavy atom. The van der Waals surface area contributed by atoms with Crippen LogP contribution in [0.2, 0.25) is 0 Å². The number of imidazole rings is 1. The van der Waals surface area contributed by atoms with E-state index in [1.165, 1.54) is 22.3 Å². The number of benzene rings is 1. The average Bonchev–Trinajstić information content (AvgIpc) is 2.74. The van der Waals surface area contributed by atoms with Crippen molar-refractivity contribution < 1.29 is 0 Å². The molecule has 0 radical (unpaired) electrons. The van der Waals surface area contributed by atoms with Gasteiger partial charge < -0.3 is 0 Å². The van der Waals surface area contributed by atoms with Crippen LogP contribution in [0.4, 0.5) is 0 Å². The topological polar surface area (TPSA) is 17.3 Å². The molecule has 2 heterocycles. The maximum absolute atomic E-state index is 4.67. The Morgan fingerprint density at radius 3 is 2.58 bits per heavy atom. The minimum Gasteiger partial charge on any atom is -0.299 e. The molecule has 0 bridgehead atoms. The van der Waals surface area contributed by atoms with Crippen LogP contribution in [0.3, 0.4) is 0 Å². The Bertz CT molecular complexity index is 772. The lowest BCUT2D eigenvalue weighted by molar-refractivity contribution is 1.14. The summed E-state index contributed by atoms with van der Waals surface area (Å²) >= 11 is 3.54. The van der Waals surface area contributed by atoms with Crippen LogP contribution in [0.25, 0.3) is 16.9 Å². The summed E-state index contributed by atoms with van der Waals surface area (Å²) in [4.78, 5) is 4.67. The molecule has 0 spiro atoms. The van der Waals surface area contributed by atoms with Gasteiger partial charge >= 0.3 is 0 Å². The third kappa shape index (κ3) is 1.89. The van der Waals surface area contributed by atoms with Crippen molar-refractivity contribution in [2.45, 2.75) is 20.8 Å². The molecule has 0 fully saturated rings. The molecule has 0 unspecified atom stereocenters. The van der Waals surface area contributed by atoms with E-state index in [9.17, 15) is 0 Å². The standard InChI is InChI=1S/C16H15BrN2/c1-10-7-8-13(12(3)11(10)2)16-18-15(17)14-6-4-5-9-19(14)16/h4-9H,1-3H3. The monoisotopic (exact) mass is 314 g/mol. The number of aryl methyl sites for hydroxylation is 1. The molecular weight excluding hydrogens is 300 g/mol. The van der Waals surface area contributed by atoms with Gasteiger partial charge in [-0.25, -0.2) is 4.98 Å². The van der Waals surface area contributed by atoms with Gasteiger partial charge in [0.25, 0.3) is 0 Å². The Hall–Kier alpha value is -1.61. The van der Waals surface area contributed by atoms with Crippen molar-refractivity contribution in [3.63, 3.8) is 0 Å². The Labute approximate surface area is 121 Å². The highest BCUT2D eigenvalue weighted by Gasteiger charge is 2.13. The molecule has 3 rings (SSSR count). The molecule has 2 aromatic heterocycles. The molecule has 0 aliphatic rings. The lowest BCUT2D eigenvalue weighted by Gasteiger charge is -2.10. The van der Waals surface area contributed by atoms with Gasteiger partial charge in [0, 0.05) is 11.8 Å². The van der Waals surface area contributed by atoms with Gasteiger partial charge in [0.1, 0.15) is 10.4 Å². The molecule has 1 aromatic carbocycles. The zero-order valence-electron chi connectivity index (χ0n) is 11.2. The Balaban J connectivity index is 2.34. The predicted molar refractivity (Wildman–Crippen MR) is 82.5 cm³/mol. The number of hydrogen-bond donors (Lipinski definition) is 0. The first-order chi connectivity index (χ1) is 9.09. The highest BCUT2D eigenvalue weighted by molar-refractivity contribution is 9.10. The number of nitrogens with zero attached hydrogens (tertiary/aromatic N) is 2. The van der Waals surface area contributed by atoms with Crippen LogP contribution >= 0.6 is 15.9 Å². The van der Waals surface area contributed by atoms with Crippen molar-refractivity contribution >= 4 is 21.4 Å². The maximum Gasteiger partial charge on any atom is 0.146 e. The van der Waals surface area contributed by atoms with Crippen LogP contribution in [-0.2, 0) is 0 Å². The van der Waals surface area contributed by atoms with Crippen LogP contribution in [0.15, 0.2) is 41.1 Å². The first-order valence-electron chi connectivity index (χ1n) is 6.29. The molecule has 0 saturated carbocycles. The number of hydrogen-bond acceptors (Lipinski definition) is 1. The van der Waals surface area contributed by atoms with Gasteiger partial charge in [-0.3, -0.25) is 4.40 Å². The Kier molecular flexibility index (Phi) is 2.94. The number of fused-ring (bicyclic) bond motifs is 1. The minimum absolute atomic E-state index is 0.890. The van der Waals surface area contributed by atoms with Gasteiger partial charge in [-0.15, -0.1) is 0 Å². The van der Waals surface area contributed by atoms with Crippen LogP contribution in [0, 0.1) is 20.8 Å². The lowest BCUT2D eigenvalue weighted by Crippen LogP contribution is -1.95. The number of rotatable bonds is 1. The smallest absolute Gasteiger partial charge is 0.146 e. The van der Waals surface area contributed by atoms with Crippen LogP contribution < -0.4 is 0 Å². The fourth-order valence-electron chi connectivity index (χ4n) is 2.39. The molecular formula is C16H15BrN2. The number of aromatic nitrogens is 2. The zero-order chi connectivity index (χ0) is 13.6. The average molecular weight is 315 g/mol. The van der Waals surface area contributed by atoms with Crippen LogP contribution in [0.5, 0.6) is 0 Å². The summed E-state index contributed by atoms with van der Waals surface area (Å²) in [5, 5.41) is 0. The second-order valence-corrected chi connectivity index (χ2v) is 5.61. The van der Waals surface area contributed by atoms with Crippen molar-refractivity contribution in [2.75, 3.05) is 0 Å². The quantitative estimate of drug-likeness (QED) is 0.637. The van der Waals surface area contributed by atoms with Gasteiger partial charge in [0.15, 0.2) is 0 Å². The van der Waals surface area contributed by atoms with Gasteiger partial charge in [0.05, 0.1) is 5.52 Å². The molecule has 0 amide bonds. The van der Waals surface area contributed by atoms with Crippen molar-refractivity contribution in [1.29, 1.82) is 0 Å². The van der Waals surface area contributed by atoms with Crippen molar-refractivity contribution in [2.24, 2.45) is 0 Å². The van der Waals surface area contributed by atoms with E-state index in [1.54, 1.807) is 0 Å². The largest absolute Gasteiger partial charge is 0.299 e. The molecule has 0 aliphatic carbocycles. The summed E-state index contributed by atoms with van der Waals surface area (Å²) in [5.41, 5.74) is 6.23. The third-order valence-corrected chi connectivity index (χ3v) is 4.39. The molecule has 0 aliphatic heterocycles. The van der Waals surface area contributed by atoms with Gasteiger partial charge in [-0.2, -0.15) is 0 Å². The summed E-state index contributed by atoms with van der Waals surface area (Å²) in [5.74, 6) is 0.989. The molecule has 0 saturated heterocycles. The van der Waals surface area contributed by atoms with Crippen molar-refractivity contribution in [1.82, 2.24) is 9.38 Å². The molecule has 2 nitrogen and oxygen atoms in total. The molecule has 19 heavy (non-hydrogen) atoms. The van der Waals surface area contributed by atoms with E-state index < -0.39 is 0 Å². The summed E-state index contributed by atoms with van der Waals surface area (Å²) < 4.78 is 3.02. The van der Waals surface area contributed by atoms with E-state index in [4.69, 9.17) is 0 Å². The van der Waals surface area contributed by atoms with E-state index in [0.717, 1.165) is 15.9 Å². The molecule has 96 valence electrons. The molecule has 0 N–H and O–H groups in total. The molecule has 3 aromatic rings. The van der Waals surface area contributed by atoms with E-state index in [2.05, 4.69) is 70.5 Å². The van der Waals surface area contributed by atoms with Gasteiger partial charge in [-0.05, 0) is 65.5 Å². The summed E-state index contributed by atoms with van der Waals surface area (Å²) in [6.07, 6.45) is 2.05. The summed E-state index contributed by atoms with van der Waals surface area (Å²) in [6, 6.07) is 10.4. The first-order valence-corrected chi connectivity index (χ1v) is 7.08. The normalized spacial score (nSPS) is 11.2. The first kappa shape index (κ1) is 12.4. The maximum atomic E-state index is 4.67. The highest BCUT2D eigenvalue weighted by Crippen LogP contribution is 2.30. The Morgan fingerprint density at radius 1 is 1.00 bits per heavy atom. The summed E-state index contributed by atoms with van der Waals surface area (Å²) in [6.45, 7) is 6.47. The lowest BCUT2D eigenvalue weighted by atomic mass is 9.98. The SMILES string of the molecule is Cc1ccc(-c2nc(Br)c3ccccn23)c(C)c1C. The van der Waals surface area contributed by atoms with Crippen LogP contribution in [0.1, 0.15) is 16.7 Å². The van der Waals surface area contributed by atoms with E-state index in [1.807, 2.05) is 12.1 Å². The van der Waals surface area contributed by atoms with E-state index in [0.29, 0.717) is 0 Å².